The number of carbonyl (C=O) groups is 1. The molecule has 1 fully saturated rings. The van der Waals surface area contributed by atoms with Crippen molar-refractivity contribution < 1.29 is 13.6 Å². The molecule has 0 radical (unpaired) electrons. The van der Waals surface area contributed by atoms with Crippen LogP contribution in [0, 0.1) is 5.82 Å². The van der Waals surface area contributed by atoms with Gasteiger partial charge in [0, 0.05) is 47.9 Å². The van der Waals surface area contributed by atoms with Crippen molar-refractivity contribution in [2.75, 3.05) is 26.2 Å². The lowest BCUT2D eigenvalue weighted by Gasteiger charge is -2.34. The van der Waals surface area contributed by atoms with Crippen LogP contribution in [0.25, 0.3) is 21.4 Å². The van der Waals surface area contributed by atoms with Gasteiger partial charge in [0.1, 0.15) is 17.0 Å². The fraction of sp³-hybridized carbons (Fsp3) is 0.200. The maximum atomic E-state index is 13.5. The van der Waals surface area contributed by atoms with Crippen molar-refractivity contribution in [2.24, 2.45) is 0 Å². The Morgan fingerprint density at radius 2 is 1.78 bits per heavy atom. The lowest BCUT2D eigenvalue weighted by molar-refractivity contribution is 0.0625. The minimum absolute atomic E-state index is 0.0788. The van der Waals surface area contributed by atoms with Gasteiger partial charge in [0.25, 0.3) is 5.91 Å². The van der Waals surface area contributed by atoms with Crippen LogP contribution in [0.15, 0.2) is 75.9 Å². The van der Waals surface area contributed by atoms with Crippen LogP contribution in [0.2, 0.25) is 0 Å². The highest BCUT2D eigenvalue weighted by molar-refractivity contribution is 7.15. The SMILES string of the molecule is O=C(c1cc2ccccc2oc1=O)N1CCN(Cc2ccc(-c3cccc(F)c3)s2)CC1. The Bertz CT molecular complexity index is 1340. The molecular weight excluding hydrogens is 427 g/mol. The van der Waals surface area contributed by atoms with Crippen LogP contribution >= 0.6 is 11.3 Å². The number of amides is 1. The van der Waals surface area contributed by atoms with E-state index in [9.17, 15) is 14.0 Å². The summed E-state index contributed by atoms with van der Waals surface area (Å²) in [4.78, 5) is 31.5. The van der Waals surface area contributed by atoms with E-state index < -0.39 is 5.63 Å². The number of hydrogen-bond donors (Lipinski definition) is 0. The molecule has 32 heavy (non-hydrogen) atoms. The molecule has 0 spiro atoms. The van der Waals surface area contributed by atoms with Crippen molar-refractivity contribution >= 4 is 28.2 Å². The molecule has 0 saturated carbocycles. The molecule has 0 aliphatic carbocycles. The van der Waals surface area contributed by atoms with E-state index in [0.29, 0.717) is 18.7 Å². The standard InChI is InChI=1S/C25H21FN2O3S/c26-19-6-3-5-18(14-19)23-9-8-20(32-23)16-27-10-12-28(13-11-27)24(29)21-15-17-4-1-2-7-22(17)31-25(21)30/h1-9,14-15H,10-13,16H2. The van der Waals surface area contributed by atoms with Crippen molar-refractivity contribution in [1.29, 1.82) is 0 Å². The number of para-hydroxylation sites is 1. The fourth-order valence-electron chi connectivity index (χ4n) is 3.97. The summed E-state index contributed by atoms with van der Waals surface area (Å²) in [5.74, 6) is -0.521. The summed E-state index contributed by atoms with van der Waals surface area (Å²) in [5.41, 5.74) is 0.841. The van der Waals surface area contributed by atoms with Crippen molar-refractivity contribution in [1.82, 2.24) is 9.80 Å². The Balaban J connectivity index is 1.23. The quantitative estimate of drug-likeness (QED) is 0.428. The topological polar surface area (TPSA) is 53.8 Å². The number of benzene rings is 2. The van der Waals surface area contributed by atoms with Crippen LogP contribution in [0.5, 0.6) is 0 Å². The van der Waals surface area contributed by atoms with Crippen LogP contribution in [-0.4, -0.2) is 41.9 Å². The van der Waals surface area contributed by atoms with E-state index in [1.165, 1.54) is 10.9 Å². The van der Waals surface area contributed by atoms with Gasteiger partial charge in [-0.05, 0) is 42.0 Å². The molecule has 0 bridgehead atoms. The Morgan fingerprint density at radius 3 is 2.59 bits per heavy atom. The predicted octanol–water partition coefficient (Wildman–Crippen LogP) is 4.62. The monoisotopic (exact) mass is 448 g/mol. The molecule has 162 valence electrons. The minimum Gasteiger partial charge on any atom is -0.422 e. The van der Waals surface area contributed by atoms with Gasteiger partial charge in [0.2, 0.25) is 0 Å². The van der Waals surface area contributed by atoms with E-state index in [-0.39, 0.29) is 17.3 Å². The fourth-order valence-corrected chi connectivity index (χ4v) is 5.02. The molecule has 2 aromatic heterocycles. The van der Waals surface area contributed by atoms with Crippen molar-refractivity contribution in [3.63, 3.8) is 0 Å². The van der Waals surface area contributed by atoms with Gasteiger partial charge in [-0.25, -0.2) is 9.18 Å². The Kier molecular flexibility index (Phi) is 5.59. The van der Waals surface area contributed by atoms with Crippen LogP contribution in [-0.2, 0) is 6.54 Å². The van der Waals surface area contributed by atoms with Gasteiger partial charge < -0.3 is 9.32 Å². The van der Waals surface area contributed by atoms with E-state index in [2.05, 4.69) is 11.0 Å². The third kappa shape index (κ3) is 4.22. The molecule has 2 aromatic carbocycles. The summed E-state index contributed by atoms with van der Waals surface area (Å²) in [7, 11) is 0. The predicted molar refractivity (Wildman–Crippen MR) is 123 cm³/mol. The van der Waals surface area contributed by atoms with E-state index in [1.54, 1.807) is 46.6 Å². The molecule has 1 aliphatic rings. The first kappa shape index (κ1) is 20.6. The van der Waals surface area contributed by atoms with E-state index in [0.717, 1.165) is 35.5 Å². The highest BCUT2D eigenvalue weighted by Gasteiger charge is 2.25. The molecule has 5 nitrogen and oxygen atoms in total. The van der Waals surface area contributed by atoms with Crippen molar-refractivity contribution in [2.45, 2.75) is 6.54 Å². The second-order valence-electron chi connectivity index (χ2n) is 7.83. The van der Waals surface area contributed by atoms with E-state index >= 15 is 0 Å². The third-order valence-electron chi connectivity index (χ3n) is 5.68. The summed E-state index contributed by atoms with van der Waals surface area (Å²) in [6, 6.07) is 19.5. The summed E-state index contributed by atoms with van der Waals surface area (Å²) in [6.07, 6.45) is 0. The number of carbonyl (C=O) groups excluding carboxylic acids is 1. The average molecular weight is 449 g/mol. The average Bonchev–Trinajstić information content (AvgIpc) is 3.27. The lowest BCUT2D eigenvalue weighted by Crippen LogP contribution is -2.48. The summed E-state index contributed by atoms with van der Waals surface area (Å²) in [5, 5.41) is 0.737. The number of piperazine rings is 1. The highest BCUT2D eigenvalue weighted by atomic mass is 32.1. The largest absolute Gasteiger partial charge is 0.422 e. The van der Waals surface area contributed by atoms with E-state index in [4.69, 9.17) is 4.42 Å². The van der Waals surface area contributed by atoms with Gasteiger partial charge in [0.05, 0.1) is 0 Å². The second-order valence-corrected chi connectivity index (χ2v) is 9.00. The Labute approximate surface area is 188 Å². The first-order valence-corrected chi connectivity index (χ1v) is 11.3. The normalized spacial score (nSPS) is 14.7. The zero-order chi connectivity index (χ0) is 22.1. The first-order chi connectivity index (χ1) is 15.6. The molecule has 5 rings (SSSR count). The number of thiophene rings is 1. The lowest BCUT2D eigenvalue weighted by atomic mass is 10.1. The smallest absolute Gasteiger partial charge is 0.349 e. The van der Waals surface area contributed by atoms with Gasteiger partial charge in [-0.1, -0.05) is 30.3 Å². The van der Waals surface area contributed by atoms with Crippen LogP contribution in [0.1, 0.15) is 15.2 Å². The second kappa shape index (κ2) is 8.68. The first-order valence-electron chi connectivity index (χ1n) is 10.5. The number of fused-ring (bicyclic) bond motifs is 1. The van der Waals surface area contributed by atoms with Gasteiger partial charge >= 0.3 is 5.63 Å². The van der Waals surface area contributed by atoms with Crippen LogP contribution in [0.4, 0.5) is 4.39 Å². The zero-order valence-corrected chi connectivity index (χ0v) is 18.1. The van der Waals surface area contributed by atoms with Crippen molar-refractivity contribution in [3.05, 3.63) is 93.4 Å². The maximum Gasteiger partial charge on any atom is 0.349 e. The summed E-state index contributed by atoms with van der Waals surface area (Å²) < 4.78 is 18.8. The molecule has 7 heteroatoms. The molecule has 0 unspecified atom stereocenters. The number of hydrogen-bond acceptors (Lipinski definition) is 5. The van der Waals surface area contributed by atoms with Gasteiger partial charge in [-0.15, -0.1) is 11.3 Å². The van der Waals surface area contributed by atoms with Gasteiger partial charge in [-0.2, -0.15) is 0 Å². The molecule has 1 saturated heterocycles. The maximum absolute atomic E-state index is 13.5. The molecule has 4 aromatic rings. The highest BCUT2D eigenvalue weighted by Crippen LogP contribution is 2.29. The molecule has 0 atom stereocenters. The molecule has 0 N–H and O–H groups in total. The van der Waals surface area contributed by atoms with Crippen LogP contribution in [0.3, 0.4) is 0 Å². The van der Waals surface area contributed by atoms with Gasteiger partial charge in [-0.3, -0.25) is 9.69 Å². The van der Waals surface area contributed by atoms with Crippen molar-refractivity contribution in [3.8, 4) is 10.4 Å². The van der Waals surface area contributed by atoms with Crippen LogP contribution < -0.4 is 5.63 Å². The molecule has 1 aliphatic heterocycles. The Morgan fingerprint density at radius 1 is 0.969 bits per heavy atom. The summed E-state index contributed by atoms with van der Waals surface area (Å²) in [6.45, 7) is 3.32. The molecule has 1 amide bonds. The third-order valence-corrected chi connectivity index (χ3v) is 6.80. The zero-order valence-electron chi connectivity index (χ0n) is 17.3. The minimum atomic E-state index is -0.598. The molecule has 3 heterocycles. The van der Waals surface area contributed by atoms with Gasteiger partial charge in [0.15, 0.2) is 0 Å². The molecular formula is C25H21FN2O3S. The van der Waals surface area contributed by atoms with E-state index in [1.807, 2.05) is 24.3 Å². The number of nitrogens with zero attached hydrogens (tertiary/aromatic N) is 2. The Hall–Kier alpha value is -3.29. The number of halogens is 1. The summed E-state index contributed by atoms with van der Waals surface area (Å²) >= 11 is 1.65. The number of rotatable bonds is 4.